The second-order valence-electron chi connectivity index (χ2n) is 4.71. The van der Waals surface area contributed by atoms with E-state index in [0.29, 0.717) is 12.6 Å². The van der Waals surface area contributed by atoms with Crippen molar-refractivity contribution in [2.24, 2.45) is 5.92 Å². The highest BCUT2D eigenvalue weighted by Gasteiger charge is 2.33. The first-order chi connectivity index (χ1) is 7.68. The maximum absolute atomic E-state index is 12.0. The van der Waals surface area contributed by atoms with Crippen LogP contribution >= 0.6 is 0 Å². The molecule has 3 heteroatoms. The number of rotatable bonds is 4. The topological polar surface area (TPSA) is 33.2 Å². The standard InChI is InChI=1S/C13H18N2O/c1-10(2)13(16)15(12-5-6-12)9-11-4-3-7-14-8-11/h3-4,7-8,10,12H,5-6,9H2,1-2H3. The lowest BCUT2D eigenvalue weighted by Crippen LogP contribution is -2.35. The molecular weight excluding hydrogens is 200 g/mol. The van der Waals surface area contributed by atoms with Gasteiger partial charge >= 0.3 is 0 Å². The van der Waals surface area contributed by atoms with E-state index < -0.39 is 0 Å². The van der Waals surface area contributed by atoms with Crippen molar-refractivity contribution < 1.29 is 4.79 Å². The van der Waals surface area contributed by atoms with E-state index in [9.17, 15) is 4.79 Å². The summed E-state index contributed by atoms with van der Waals surface area (Å²) in [5, 5.41) is 0. The predicted octanol–water partition coefficient (Wildman–Crippen LogP) is 2.23. The zero-order valence-electron chi connectivity index (χ0n) is 9.89. The third kappa shape index (κ3) is 2.60. The van der Waals surface area contributed by atoms with E-state index in [4.69, 9.17) is 0 Å². The minimum absolute atomic E-state index is 0.0808. The van der Waals surface area contributed by atoms with Crippen LogP contribution in [0.4, 0.5) is 0 Å². The Morgan fingerprint density at radius 3 is 2.81 bits per heavy atom. The molecule has 16 heavy (non-hydrogen) atoms. The maximum Gasteiger partial charge on any atom is 0.225 e. The molecule has 0 aliphatic heterocycles. The number of hydrogen-bond acceptors (Lipinski definition) is 2. The number of hydrogen-bond donors (Lipinski definition) is 0. The zero-order valence-corrected chi connectivity index (χ0v) is 9.89. The minimum Gasteiger partial charge on any atom is -0.335 e. The normalized spacial score (nSPS) is 15.2. The molecule has 1 aliphatic carbocycles. The van der Waals surface area contributed by atoms with Crippen LogP contribution in [0.1, 0.15) is 32.3 Å². The Morgan fingerprint density at radius 2 is 2.31 bits per heavy atom. The lowest BCUT2D eigenvalue weighted by Gasteiger charge is -2.24. The summed E-state index contributed by atoms with van der Waals surface area (Å²) in [6, 6.07) is 4.41. The number of nitrogens with zero attached hydrogens (tertiary/aromatic N) is 2. The SMILES string of the molecule is CC(C)C(=O)N(Cc1cccnc1)C1CC1. The van der Waals surface area contributed by atoms with Crippen LogP contribution in [0.5, 0.6) is 0 Å². The van der Waals surface area contributed by atoms with Crippen LogP contribution in [0.2, 0.25) is 0 Å². The van der Waals surface area contributed by atoms with Crippen LogP contribution in [0.25, 0.3) is 0 Å². The zero-order chi connectivity index (χ0) is 11.5. The minimum atomic E-state index is 0.0808. The Morgan fingerprint density at radius 1 is 1.56 bits per heavy atom. The first kappa shape index (κ1) is 11.1. The lowest BCUT2D eigenvalue weighted by molar-refractivity contribution is -0.135. The van der Waals surface area contributed by atoms with E-state index in [-0.39, 0.29) is 11.8 Å². The molecule has 0 N–H and O–H groups in total. The molecule has 0 saturated heterocycles. The van der Waals surface area contributed by atoms with Crippen molar-refractivity contribution in [3.05, 3.63) is 30.1 Å². The van der Waals surface area contributed by atoms with Gasteiger partial charge in [-0.05, 0) is 24.5 Å². The van der Waals surface area contributed by atoms with E-state index in [1.807, 2.05) is 37.1 Å². The van der Waals surface area contributed by atoms with Gasteiger partial charge < -0.3 is 4.90 Å². The second kappa shape index (κ2) is 4.64. The van der Waals surface area contributed by atoms with E-state index >= 15 is 0 Å². The fraction of sp³-hybridized carbons (Fsp3) is 0.538. The number of amides is 1. The van der Waals surface area contributed by atoms with Gasteiger partial charge in [0.1, 0.15) is 0 Å². The van der Waals surface area contributed by atoms with Crippen LogP contribution in [-0.2, 0) is 11.3 Å². The molecule has 1 amide bonds. The molecule has 1 heterocycles. The summed E-state index contributed by atoms with van der Waals surface area (Å²) in [6.45, 7) is 4.62. The van der Waals surface area contributed by atoms with Crippen molar-refractivity contribution in [2.45, 2.75) is 39.3 Å². The van der Waals surface area contributed by atoms with Crippen LogP contribution in [0.3, 0.4) is 0 Å². The van der Waals surface area contributed by atoms with Gasteiger partial charge in [-0.3, -0.25) is 9.78 Å². The molecule has 2 rings (SSSR count). The van der Waals surface area contributed by atoms with E-state index in [0.717, 1.165) is 18.4 Å². The van der Waals surface area contributed by atoms with E-state index in [2.05, 4.69) is 4.98 Å². The van der Waals surface area contributed by atoms with Crippen molar-refractivity contribution in [2.75, 3.05) is 0 Å². The monoisotopic (exact) mass is 218 g/mol. The molecule has 0 atom stereocenters. The summed E-state index contributed by atoms with van der Waals surface area (Å²) in [5.74, 6) is 0.337. The highest BCUT2D eigenvalue weighted by Crippen LogP contribution is 2.29. The van der Waals surface area contributed by atoms with Gasteiger partial charge in [0.25, 0.3) is 0 Å². The summed E-state index contributed by atoms with van der Waals surface area (Å²) in [6.07, 6.45) is 5.90. The Labute approximate surface area is 96.5 Å². The van der Waals surface area contributed by atoms with Crippen molar-refractivity contribution in [3.63, 3.8) is 0 Å². The Kier molecular flexibility index (Phi) is 3.22. The van der Waals surface area contributed by atoms with Gasteiger partial charge in [-0.15, -0.1) is 0 Å². The van der Waals surface area contributed by atoms with Crippen LogP contribution in [0.15, 0.2) is 24.5 Å². The molecule has 0 bridgehead atoms. The van der Waals surface area contributed by atoms with Crippen molar-refractivity contribution in [3.8, 4) is 0 Å². The first-order valence-corrected chi connectivity index (χ1v) is 5.88. The molecule has 86 valence electrons. The van der Waals surface area contributed by atoms with E-state index in [1.165, 1.54) is 0 Å². The average molecular weight is 218 g/mol. The van der Waals surface area contributed by atoms with Gasteiger partial charge in [0, 0.05) is 30.9 Å². The first-order valence-electron chi connectivity index (χ1n) is 5.88. The summed E-state index contributed by atoms with van der Waals surface area (Å²) in [4.78, 5) is 18.1. The van der Waals surface area contributed by atoms with Gasteiger partial charge in [-0.25, -0.2) is 0 Å². The quantitative estimate of drug-likeness (QED) is 0.776. The molecule has 0 spiro atoms. The molecular formula is C13H18N2O. The summed E-state index contributed by atoms with van der Waals surface area (Å²) < 4.78 is 0. The maximum atomic E-state index is 12.0. The number of pyridine rings is 1. The third-order valence-corrected chi connectivity index (χ3v) is 2.84. The highest BCUT2D eigenvalue weighted by molar-refractivity contribution is 5.78. The van der Waals surface area contributed by atoms with Gasteiger partial charge in [-0.1, -0.05) is 19.9 Å². The van der Waals surface area contributed by atoms with Crippen molar-refractivity contribution in [1.29, 1.82) is 0 Å². The molecule has 0 aromatic carbocycles. The van der Waals surface area contributed by atoms with Gasteiger partial charge in [0.15, 0.2) is 0 Å². The lowest BCUT2D eigenvalue weighted by atomic mass is 10.1. The molecule has 1 aromatic rings. The van der Waals surface area contributed by atoms with Gasteiger partial charge in [0.05, 0.1) is 0 Å². The molecule has 1 aromatic heterocycles. The molecule has 1 saturated carbocycles. The Bertz CT molecular complexity index is 357. The van der Waals surface area contributed by atoms with E-state index in [1.54, 1.807) is 6.20 Å². The van der Waals surface area contributed by atoms with Crippen molar-refractivity contribution in [1.82, 2.24) is 9.88 Å². The van der Waals surface area contributed by atoms with Gasteiger partial charge in [0.2, 0.25) is 5.91 Å². The fourth-order valence-electron chi connectivity index (χ4n) is 1.79. The Hall–Kier alpha value is -1.38. The number of carbonyl (C=O) groups is 1. The van der Waals surface area contributed by atoms with Crippen LogP contribution in [0, 0.1) is 5.92 Å². The molecule has 1 aliphatic rings. The molecule has 1 fully saturated rings. The van der Waals surface area contributed by atoms with Crippen molar-refractivity contribution >= 4 is 5.91 Å². The Balaban J connectivity index is 2.06. The molecule has 0 radical (unpaired) electrons. The highest BCUT2D eigenvalue weighted by atomic mass is 16.2. The van der Waals surface area contributed by atoms with Crippen LogP contribution in [-0.4, -0.2) is 21.8 Å². The average Bonchev–Trinajstić information content (AvgIpc) is 3.10. The summed E-state index contributed by atoms with van der Waals surface area (Å²) in [5.41, 5.74) is 1.11. The second-order valence-corrected chi connectivity index (χ2v) is 4.71. The molecule has 3 nitrogen and oxygen atoms in total. The number of carbonyl (C=O) groups excluding carboxylic acids is 1. The fourth-order valence-corrected chi connectivity index (χ4v) is 1.79. The predicted molar refractivity (Wildman–Crippen MR) is 62.6 cm³/mol. The largest absolute Gasteiger partial charge is 0.335 e. The smallest absolute Gasteiger partial charge is 0.225 e. The molecule has 0 unspecified atom stereocenters. The summed E-state index contributed by atoms with van der Waals surface area (Å²) in [7, 11) is 0. The van der Waals surface area contributed by atoms with Crippen LogP contribution < -0.4 is 0 Å². The number of aromatic nitrogens is 1. The van der Waals surface area contributed by atoms with Gasteiger partial charge in [-0.2, -0.15) is 0 Å². The summed E-state index contributed by atoms with van der Waals surface area (Å²) >= 11 is 0. The third-order valence-electron chi connectivity index (χ3n) is 2.84.